The van der Waals surface area contributed by atoms with Gasteiger partial charge in [0.15, 0.2) is 11.0 Å². The fourth-order valence-corrected chi connectivity index (χ4v) is 4.42. The molecule has 10 nitrogen and oxygen atoms in total. The van der Waals surface area contributed by atoms with Crippen molar-refractivity contribution in [3.05, 3.63) is 76.1 Å². The minimum absolute atomic E-state index is 0.0627. The monoisotopic (exact) mass is 476 g/mol. The molecule has 0 aliphatic carbocycles. The van der Waals surface area contributed by atoms with Gasteiger partial charge in [0.2, 0.25) is 5.95 Å². The number of hydrogen-bond donors (Lipinski definition) is 2. The Morgan fingerprint density at radius 3 is 2.62 bits per heavy atom. The number of benzene rings is 1. The summed E-state index contributed by atoms with van der Waals surface area (Å²) in [4.78, 5) is 20.8. The van der Waals surface area contributed by atoms with Gasteiger partial charge in [0, 0.05) is 17.4 Å². The van der Waals surface area contributed by atoms with Gasteiger partial charge in [0.1, 0.15) is 5.76 Å². The zero-order valence-electron chi connectivity index (χ0n) is 19.0. The van der Waals surface area contributed by atoms with Gasteiger partial charge in [0.25, 0.3) is 11.3 Å². The number of nitrogens with one attached hydrogen (secondary N) is 1. The Balaban J connectivity index is 1.46. The maximum absolute atomic E-state index is 12.3. The lowest BCUT2D eigenvalue weighted by Crippen LogP contribution is -2.15. The molecule has 4 aromatic heterocycles. The van der Waals surface area contributed by atoms with Crippen molar-refractivity contribution in [2.24, 2.45) is 0 Å². The molecule has 0 radical (unpaired) electrons. The second kappa shape index (κ2) is 8.49. The van der Waals surface area contributed by atoms with E-state index in [0.717, 1.165) is 17.1 Å². The largest absolute Gasteiger partial charge is 0.467 e. The van der Waals surface area contributed by atoms with E-state index in [1.807, 2.05) is 16.7 Å². The van der Waals surface area contributed by atoms with E-state index in [2.05, 4.69) is 70.3 Å². The zero-order valence-corrected chi connectivity index (χ0v) is 19.8. The van der Waals surface area contributed by atoms with Crippen LogP contribution in [0.15, 0.2) is 63.1 Å². The number of H-pyrrole nitrogens is 1. The standard InChI is InChI=1S/C23H24N8O2S/c1-23(2,3)15-8-6-14(7-9-15)19-27-28-22(30(19)12-17-5-4-10-33-17)34-13-16-11-18(32)31-21(25-16)26-20(24)29-31/h4-11H,12-13H2,1-3H3,(H3,24,25,26,29). The van der Waals surface area contributed by atoms with E-state index in [4.69, 9.17) is 10.2 Å². The van der Waals surface area contributed by atoms with Crippen LogP contribution in [0, 0.1) is 0 Å². The number of rotatable bonds is 6. The Bertz CT molecular complexity index is 1490. The summed E-state index contributed by atoms with van der Waals surface area (Å²) in [7, 11) is 0. The average molecular weight is 477 g/mol. The van der Waals surface area contributed by atoms with Crippen LogP contribution in [0.5, 0.6) is 0 Å². The van der Waals surface area contributed by atoms with Crippen LogP contribution in [0.4, 0.5) is 5.95 Å². The molecule has 34 heavy (non-hydrogen) atoms. The third-order valence-corrected chi connectivity index (χ3v) is 6.37. The minimum atomic E-state index is -0.276. The fourth-order valence-electron chi connectivity index (χ4n) is 3.59. The van der Waals surface area contributed by atoms with Gasteiger partial charge in [0.05, 0.1) is 18.5 Å². The van der Waals surface area contributed by atoms with Crippen molar-refractivity contribution in [3.8, 4) is 11.4 Å². The van der Waals surface area contributed by atoms with Gasteiger partial charge in [-0.05, 0) is 23.1 Å². The zero-order chi connectivity index (χ0) is 23.9. The molecule has 0 amide bonds. The third-order valence-electron chi connectivity index (χ3n) is 5.37. The first-order chi connectivity index (χ1) is 16.3. The lowest BCUT2D eigenvalue weighted by atomic mass is 9.87. The first-order valence-electron chi connectivity index (χ1n) is 10.7. The van der Waals surface area contributed by atoms with Crippen molar-refractivity contribution in [1.82, 2.24) is 34.3 Å². The summed E-state index contributed by atoms with van der Waals surface area (Å²) in [6.07, 6.45) is 1.65. The topological polar surface area (TPSA) is 133 Å². The summed E-state index contributed by atoms with van der Waals surface area (Å²) in [5.41, 5.74) is 8.22. The van der Waals surface area contributed by atoms with E-state index in [-0.39, 0.29) is 22.7 Å². The van der Waals surface area contributed by atoms with Gasteiger partial charge in [-0.15, -0.1) is 10.2 Å². The summed E-state index contributed by atoms with van der Waals surface area (Å²) < 4.78 is 8.80. The SMILES string of the molecule is CC(C)(C)c1ccc(-c2nnc(SCc3cc(=O)n4[nH]c(N)nc4n3)n2Cc2ccco2)cc1. The van der Waals surface area contributed by atoms with E-state index in [9.17, 15) is 4.79 Å². The molecule has 5 rings (SSSR count). The summed E-state index contributed by atoms with van der Waals surface area (Å²) in [6.45, 7) is 7.03. The highest BCUT2D eigenvalue weighted by molar-refractivity contribution is 7.98. The maximum Gasteiger partial charge on any atom is 0.274 e. The molecule has 5 aromatic rings. The van der Waals surface area contributed by atoms with Crippen molar-refractivity contribution >= 4 is 23.5 Å². The molecule has 0 saturated carbocycles. The minimum Gasteiger partial charge on any atom is -0.467 e. The van der Waals surface area contributed by atoms with E-state index >= 15 is 0 Å². The van der Waals surface area contributed by atoms with Gasteiger partial charge in [-0.1, -0.05) is 56.8 Å². The van der Waals surface area contributed by atoms with Crippen LogP contribution in [0.2, 0.25) is 0 Å². The van der Waals surface area contributed by atoms with Gasteiger partial charge in [-0.3, -0.25) is 14.5 Å². The molecule has 0 fully saturated rings. The fraction of sp³-hybridized carbons (Fsp3) is 0.261. The summed E-state index contributed by atoms with van der Waals surface area (Å²) in [5.74, 6) is 2.31. The maximum atomic E-state index is 12.3. The Kier molecular flexibility index (Phi) is 5.48. The molecule has 0 aliphatic rings. The predicted molar refractivity (Wildman–Crippen MR) is 130 cm³/mol. The first-order valence-corrected chi connectivity index (χ1v) is 11.7. The molecule has 11 heteroatoms. The average Bonchev–Trinajstić information content (AvgIpc) is 3.52. The van der Waals surface area contributed by atoms with Crippen LogP contribution in [0.3, 0.4) is 0 Å². The summed E-state index contributed by atoms with van der Waals surface area (Å²) >= 11 is 1.44. The Labute approximate surface area is 199 Å². The molecule has 1 aromatic carbocycles. The number of anilines is 1. The smallest absolute Gasteiger partial charge is 0.274 e. The number of fused-ring (bicyclic) bond motifs is 1. The molecule has 174 valence electrons. The molecule has 0 saturated heterocycles. The number of thioether (sulfide) groups is 1. The van der Waals surface area contributed by atoms with E-state index in [1.165, 1.54) is 27.9 Å². The van der Waals surface area contributed by atoms with Crippen LogP contribution < -0.4 is 11.3 Å². The number of nitrogens with two attached hydrogens (primary N) is 1. The first kappa shape index (κ1) is 22.0. The van der Waals surface area contributed by atoms with Crippen LogP contribution in [0.25, 0.3) is 17.2 Å². The Morgan fingerprint density at radius 2 is 1.91 bits per heavy atom. The number of nitrogen functional groups attached to an aromatic ring is 1. The second-order valence-electron chi connectivity index (χ2n) is 8.92. The molecule has 3 N–H and O–H groups in total. The Hall–Kier alpha value is -3.86. The van der Waals surface area contributed by atoms with Crippen LogP contribution in [0.1, 0.15) is 37.8 Å². The van der Waals surface area contributed by atoms with Crippen molar-refractivity contribution < 1.29 is 4.42 Å². The molecule has 4 heterocycles. The van der Waals surface area contributed by atoms with Crippen LogP contribution >= 0.6 is 11.8 Å². The highest BCUT2D eigenvalue weighted by Crippen LogP contribution is 2.29. The molecule has 0 bridgehead atoms. The molecular formula is C23H24N8O2S. The summed E-state index contributed by atoms with van der Waals surface area (Å²) in [6, 6.07) is 13.6. The molecular weight excluding hydrogens is 452 g/mol. The highest BCUT2D eigenvalue weighted by Gasteiger charge is 2.18. The normalized spacial score (nSPS) is 12.0. The van der Waals surface area contributed by atoms with Gasteiger partial charge < -0.3 is 10.2 Å². The van der Waals surface area contributed by atoms with E-state index in [0.29, 0.717) is 23.1 Å². The highest BCUT2D eigenvalue weighted by atomic mass is 32.2. The third kappa shape index (κ3) is 4.34. The second-order valence-corrected chi connectivity index (χ2v) is 9.86. The van der Waals surface area contributed by atoms with Crippen molar-refractivity contribution in [2.75, 3.05) is 5.73 Å². The van der Waals surface area contributed by atoms with Gasteiger partial charge in [-0.25, -0.2) is 4.98 Å². The number of aromatic nitrogens is 7. The van der Waals surface area contributed by atoms with Gasteiger partial charge >= 0.3 is 0 Å². The number of nitrogens with zero attached hydrogens (tertiary/aromatic N) is 6. The van der Waals surface area contributed by atoms with Gasteiger partial charge in [-0.2, -0.15) is 9.50 Å². The van der Waals surface area contributed by atoms with Crippen LogP contribution in [-0.4, -0.2) is 34.3 Å². The number of furan rings is 1. The van der Waals surface area contributed by atoms with Crippen molar-refractivity contribution in [3.63, 3.8) is 0 Å². The van der Waals surface area contributed by atoms with Crippen molar-refractivity contribution in [2.45, 2.75) is 43.6 Å². The predicted octanol–water partition coefficient (Wildman–Crippen LogP) is 3.49. The quantitative estimate of drug-likeness (QED) is 0.356. The number of aromatic amines is 1. The lowest BCUT2D eigenvalue weighted by Gasteiger charge is -2.19. The number of hydrogen-bond acceptors (Lipinski definition) is 8. The van der Waals surface area contributed by atoms with Crippen LogP contribution in [-0.2, 0) is 17.7 Å². The summed E-state index contributed by atoms with van der Waals surface area (Å²) in [5, 5.41) is 12.3. The molecule has 0 unspecified atom stereocenters. The van der Waals surface area contributed by atoms with E-state index in [1.54, 1.807) is 6.26 Å². The Morgan fingerprint density at radius 1 is 1.12 bits per heavy atom. The molecule has 0 spiro atoms. The molecule has 0 aliphatic heterocycles. The van der Waals surface area contributed by atoms with Crippen molar-refractivity contribution in [1.29, 1.82) is 0 Å². The lowest BCUT2D eigenvalue weighted by molar-refractivity contribution is 0.485. The molecule has 0 atom stereocenters. The van der Waals surface area contributed by atoms with E-state index < -0.39 is 0 Å².